The fourth-order valence-corrected chi connectivity index (χ4v) is 2.61. The summed E-state index contributed by atoms with van der Waals surface area (Å²) in [7, 11) is 0. The van der Waals surface area contributed by atoms with Crippen LogP contribution in [0.2, 0.25) is 5.15 Å². The number of rotatable bonds is 1. The van der Waals surface area contributed by atoms with Crippen molar-refractivity contribution < 1.29 is 8.78 Å². The van der Waals surface area contributed by atoms with E-state index in [1.807, 2.05) is 0 Å². The monoisotopic (exact) mass is 258 g/mol. The van der Waals surface area contributed by atoms with Crippen molar-refractivity contribution in [1.82, 2.24) is 15.0 Å². The number of halogens is 3. The first-order valence-corrected chi connectivity index (χ1v) is 5.44. The molecule has 0 saturated heterocycles. The van der Waals surface area contributed by atoms with E-state index in [-0.39, 0.29) is 18.0 Å². The molecule has 2 aromatic rings. The van der Waals surface area contributed by atoms with Gasteiger partial charge in [-0.25, -0.2) is 18.7 Å². The van der Waals surface area contributed by atoms with Gasteiger partial charge >= 0.3 is 0 Å². The first-order valence-electron chi connectivity index (χ1n) is 5.06. The first kappa shape index (κ1) is 10.9. The summed E-state index contributed by atoms with van der Waals surface area (Å²) in [5.74, 6) is -2.69. The van der Waals surface area contributed by atoms with Gasteiger partial charge in [0.25, 0.3) is 5.92 Å². The molecular weight excluding hydrogens is 250 g/mol. The Kier molecular flexibility index (Phi) is 2.01. The van der Waals surface area contributed by atoms with Crippen molar-refractivity contribution in [2.75, 3.05) is 0 Å². The van der Waals surface area contributed by atoms with Gasteiger partial charge in [-0.1, -0.05) is 11.6 Å². The maximum absolute atomic E-state index is 13.0. The molecule has 0 radical (unpaired) electrons. The van der Waals surface area contributed by atoms with Crippen molar-refractivity contribution in [3.63, 3.8) is 0 Å². The molecule has 90 valence electrons. The number of hydrogen-bond acceptors (Lipinski definition) is 3. The fraction of sp³-hybridized carbons (Fsp3) is 0.400. The van der Waals surface area contributed by atoms with Crippen LogP contribution in [0.5, 0.6) is 0 Å². The van der Waals surface area contributed by atoms with Crippen molar-refractivity contribution in [1.29, 1.82) is 0 Å². The number of aromatic amines is 1. The molecule has 1 saturated carbocycles. The Morgan fingerprint density at radius 2 is 2.06 bits per heavy atom. The van der Waals surface area contributed by atoms with Gasteiger partial charge in [0.2, 0.25) is 0 Å². The van der Waals surface area contributed by atoms with Gasteiger partial charge in [-0.05, 0) is 0 Å². The Labute approximate surface area is 100 Å². The van der Waals surface area contributed by atoms with E-state index in [4.69, 9.17) is 17.3 Å². The van der Waals surface area contributed by atoms with Crippen LogP contribution in [0.1, 0.15) is 18.4 Å². The molecule has 2 heterocycles. The highest BCUT2D eigenvalue weighted by Crippen LogP contribution is 2.51. The Morgan fingerprint density at radius 3 is 2.71 bits per heavy atom. The van der Waals surface area contributed by atoms with Gasteiger partial charge < -0.3 is 10.7 Å². The highest BCUT2D eigenvalue weighted by molar-refractivity contribution is 6.34. The summed E-state index contributed by atoms with van der Waals surface area (Å²) in [6.07, 6.45) is 2.14. The molecular formula is C10H9ClF2N4. The van der Waals surface area contributed by atoms with E-state index in [1.165, 1.54) is 6.33 Å². The minimum absolute atomic E-state index is 0.228. The van der Waals surface area contributed by atoms with Crippen LogP contribution in [0.3, 0.4) is 0 Å². The zero-order chi connectivity index (χ0) is 12.3. The summed E-state index contributed by atoms with van der Waals surface area (Å²) in [4.78, 5) is 10.7. The SMILES string of the molecule is NC1(c2c[nH]c3ncnc(Cl)c23)CC(F)(F)C1. The van der Waals surface area contributed by atoms with E-state index < -0.39 is 11.5 Å². The highest BCUT2D eigenvalue weighted by atomic mass is 35.5. The van der Waals surface area contributed by atoms with E-state index in [1.54, 1.807) is 6.20 Å². The molecule has 1 aliphatic rings. The molecule has 0 unspecified atom stereocenters. The van der Waals surface area contributed by atoms with E-state index in [0.29, 0.717) is 16.6 Å². The molecule has 2 aromatic heterocycles. The molecule has 3 N–H and O–H groups in total. The summed E-state index contributed by atoms with van der Waals surface area (Å²) in [5, 5.41) is 0.762. The number of fused-ring (bicyclic) bond motifs is 1. The second kappa shape index (κ2) is 3.14. The minimum atomic E-state index is -2.69. The van der Waals surface area contributed by atoms with Crippen LogP contribution in [0.4, 0.5) is 8.78 Å². The quantitative estimate of drug-likeness (QED) is 0.771. The standard InChI is InChI=1S/C10H9ClF2N4/c11-7-6-5(1-15-8(6)17-4-16-7)9(14)2-10(12,13)3-9/h1,4H,2-3,14H2,(H,15,16,17). The summed E-state index contributed by atoms with van der Waals surface area (Å²) < 4.78 is 25.9. The number of nitrogens with two attached hydrogens (primary N) is 1. The molecule has 17 heavy (non-hydrogen) atoms. The van der Waals surface area contributed by atoms with Crippen LogP contribution in [-0.4, -0.2) is 20.9 Å². The summed E-state index contributed by atoms with van der Waals surface area (Å²) in [6, 6.07) is 0. The molecule has 4 nitrogen and oxygen atoms in total. The number of hydrogen-bond donors (Lipinski definition) is 2. The maximum atomic E-state index is 13.0. The van der Waals surface area contributed by atoms with E-state index in [0.717, 1.165) is 0 Å². The van der Waals surface area contributed by atoms with Crippen molar-refractivity contribution >= 4 is 22.6 Å². The molecule has 0 amide bonds. The number of nitrogens with one attached hydrogen (secondary N) is 1. The second-order valence-corrected chi connectivity index (χ2v) is 4.81. The lowest BCUT2D eigenvalue weighted by atomic mass is 9.70. The minimum Gasteiger partial charge on any atom is -0.346 e. The number of aromatic nitrogens is 3. The zero-order valence-corrected chi connectivity index (χ0v) is 9.43. The van der Waals surface area contributed by atoms with Gasteiger partial charge in [0.05, 0.1) is 10.9 Å². The van der Waals surface area contributed by atoms with Gasteiger partial charge in [-0.2, -0.15) is 0 Å². The second-order valence-electron chi connectivity index (χ2n) is 4.46. The Bertz CT molecular complexity index is 587. The van der Waals surface area contributed by atoms with Crippen molar-refractivity contribution in [3.05, 3.63) is 23.2 Å². The summed E-state index contributed by atoms with van der Waals surface area (Å²) >= 11 is 5.95. The third-order valence-corrected chi connectivity index (χ3v) is 3.39. The van der Waals surface area contributed by atoms with Gasteiger partial charge in [0.15, 0.2) is 0 Å². The molecule has 0 aliphatic heterocycles. The van der Waals surface area contributed by atoms with Crippen LogP contribution in [0, 0.1) is 0 Å². The van der Waals surface area contributed by atoms with Crippen LogP contribution < -0.4 is 5.73 Å². The van der Waals surface area contributed by atoms with Crippen LogP contribution in [-0.2, 0) is 5.54 Å². The van der Waals surface area contributed by atoms with Crippen molar-refractivity contribution in [3.8, 4) is 0 Å². The first-order chi connectivity index (χ1) is 7.91. The Balaban J connectivity index is 2.13. The largest absolute Gasteiger partial charge is 0.346 e. The predicted molar refractivity (Wildman–Crippen MR) is 58.9 cm³/mol. The topological polar surface area (TPSA) is 67.6 Å². The van der Waals surface area contributed by atoms with Crippen LogP contribution in [0.25, 0.3) is 11.0 Å². The summed E-state index contributed by atoms with van der Waals surface area (Å²) in [5.41, 5.74) is 5.99. The normalized spacial score (nSPS) is 21.4. The molecule has 0 atom stereocenters. The molecule has 0 spiro atoms. The Hall–Kier alpha value is -1.27. The number of alkyl halides is 2. The van der Waals surface area contributed by atoms with Crippen molar-refractivity contribution in [2.24, 2.45) is 5.73 Å². The molecule has 0 aromatic carbocycles. The number of nitrogens with zero attached hydrogens (tertiary/aromatic N) is 2. The smallest absolute Gasteiger partial charge is 0.252 e. The van der Waals surface area contributed by atoms with Gasteiger partial charge in [0, 0.05) is 24.6 Å². The van der Waals surface area contributed by atoms with E-state index in [9.17, 15) is 8.78 Å². The van der Waals surface area contributed by atoms with E-state index in [2.05, 4.69) is 15.0 Å². The van der Waals surface area contributed by atoms with Crippen LogP contribution in [0.15, 0.2) is 12.5 Å². The van der Waals surface area contributed by atoms with Gasteiger partial charge in [-0.3, -0.25) is 0 Å². The lowest BCUT2D eigenvalue weighted by Crippen LogP contribution is -2.55. The Morgan fingerprint density at radius 1 is 1.35 bits per heavy atom. The number of H-pyrrole nitrogens is 1. The van der Waals surface area contributed by atoms with E-state index >= 15 is 0 Å². The van der Waals surface area contributed by atoms with Crippen LogP contribution >= 0.6 is 11.6 Å². The lowest BCUT2D eigenvalue weighted by molar-refractivity contribution is -0.124. The fourth-order valence-electron chi connectivity index (χ4n) is 2.38. The average Bonchev–Trinajstić information content (AvgIpc) is 2.59. The molecule has 7 heteroatoms. The average molecular weight is 259 g/mol. The molecule has 3 rings (SSSR count). The molecule has 0 bridgehead atoms. The highest BCUT2D eigenvalue weighted by Gasteiger charge is 2.56. The van der Waals surface area contributed by atoms with Crippen molar-refractivity contribution in [2.45, 2.75) is 24.3 Å². The zero-order valence-electron chi connectivity index (χ0n) is 8.67. The maximum Gasteiger partial charge on any atom is 0.252 e. The predicted octanol–water partition coefficient (Wildman–Crippen LogP) is 2.19. The summed E-state index contributed by atoms with van der Waals surface area (Å²) in [6.45, 7) is 0. The molecule has 1 fully saturated rings. The third-order valence-electron chi connectivity index (χ3n) is 3.11. The molecule has 1 aliphatic carbocycles. The lowest BCUT2D eigenvalue weighted by Gasteiger charge is -2.44. The van der Waals surface area contributed by atoms with Gasteiger partial charge in [-0.15, -0.1) is 0 Å². The van der Waals surface area contributed by atoms with Gasteiger partial charge in [0.1, 0.15) is 17.1 Å². The third kappa shape index (κ3) is 1.51.